The van der Waals surface area contributed by atoms with Gasteiger partial charge in [0, 0.05) is 38.4 Å². The van der Waals surface area contributed by atoms with E-state index in [1.54, 1.807) is 24.3 Å². The number of benzene rings is 1. The number of rotatable bonds is 8. The number of ether oxygens (including phenoxy) is 2. The number of amides is 3. The summed E-state index contributed by atoms with van der Waals surface area (Å²) in [4.78, 5) is 26.3. The maximum Gasteiger partial charge on any atom is 0.319 e. The highest BCUT2D eigenvalue weighted by Crippen LogP contribution is 2.23. The lowest BCUT2D eigenvalue weighted by Crippen LogP contribution is -2.42. The molecule has 2 fully saturated rings. The van der Waals surface area contributed by atoms with Gasteiger partial charge in [0.1, 0.15) is 18.3 Å². The van der Waals surface area contributed by atoms with Crippen molar-refractivity contribution in [3.05, 3.63) is 30.3 Å². The van der Waals surface area contributed by atoms with Gasteiger partial charge < -0.3 is 35.6 Å². The zero-order valence-corrected chi connectivity index (χ0v) is 16.8. The van der Waals surface area contributed by atoms with Crippen LogP contribution in [0.5, 0.6) is 0 Å². The Kier molecular flexibility index (Phi) is 8.40. The Hall–Kier alpha value is -2.24. The van der Waals surface area contributed by atoms with Gasteiger partial charge in [-0.3, -0.25) is 9.69 Å². The lowest BCUT2D eigenvalue weighted by Gasteiger charge is -2.26. The van der Waals surface area contributed by atoms with E-state index in [9.17, 15) is 19.8 Å². The minimum absolute atomic E-state index is 0.00600. The molecule has 2 heterocycles. The standard InChI is InChI=1S/C20H30N4O6/c25-17(21-6-7-24-8-10-29-11-9-24)12-15-18(26)19(27)16(30-15)13-22-20(28)23-14-4-2-1-3-5-14/h1-5,15-16,18-19,26-27H,6-13H2,(H,21,25)(H2,22,23,28). The number of aliphatic hydroxyl groups excluding tert-OH is 2. The molecule has 10 nitrogen and oxygen atoms in total. The first-order valence-electron chi connectivity index (χ1n) is 10.2. The first-order chi connectivity index (χ1) is 14.5. The van der Waals surface area contributed by atoms with E-state index in [2.05, 4.69) is 20.9 Å². The zero-order valence-electron chi connectivity index (χ0n) is 16.8. The van der Waals surface area contributed by atoms with Gasteiger partial charge in [0.25, 0.3) is 0 Å². The first-order valence-corrected chi connectivity index (χ1v) is 10.2. The summed E-state index contributed by atoms with van der Waals surface area (Å²) < 4.78 is 10.9. The molecule has 30 heavy (non-hydrogen) atoms. The molecule has 0 aromatic heterocycles. The van der Waals surface area contributed by atoms with E-state index in [0.717, 1.165) is 19.6 Å². The quantitative estimate of drug-likeness (QED) is 0.368. The summed E-state index contributed by atoms with van der Waals surface area (Å²) in [5.74, 6) is -0.255. The number of para-hydroxylation sites is 1. The van der Waals surface area contributed by atoms with Crippen LogP contribution < -0.4 is 16.0 Å². The third kappa shape index (κ3) is 6.64. The molecule has 0 saturated carbocycles. The summed E-state index contributed by atoms with van der Waals surface area (Å²) in [6.45, 7) is 4.33. The number of urea groups is 1. The van der Waals surface area contributed by atoms with E-state index in [4.69, 9.17) is 9.47 Å². The van der Waals surface area contributed by atoms with Crippen molar-refractivity contribution < 1.29 is 29.3 Å². The summed E-state index contributed by atoms with van der Waals surface area (Å²) in [5, 5.41) is 28.5. The van der Waals surface area contributed by atoms with Crippen molar-refractivity contribution in [1.29, 1.82) is 0 Å². The molecule has 5 N–H and O–H groups in total. The number of carbonyl (C=O) groups is 2. The molecule has 0 spiro atoms. The van der Waals surface area contributed by atoms with Crippen molar-refractivity contribution >= 4 is 17.6 Å². The number of nitrogens with zero attached hydrogens (tertiary/aromatic N) is 1. The summed E-state index contributed by atoms with van der Waals surface area (Å²) in [6, 6.07) is 8.48. The normalized spacial score (nSPS) is 26.9. The summed E-state index contributed by atoms with van der Waals surface area (Å²) in [7, 11) is 0. The maximum atomic E-state index is 12.2. The smallest absolute Gasteiger partial charge is 0.319 e. The van der Waals surface area contributed by atoms with E-state index in [-0.39, 0.29) is 18.9 Å². The second kappa shape index (κ2) is 11.2. The van der Waals surface area contributed by atoms with Crippen molar-refractivity contribution in [2.45, 2.75) is 30.8 Å². The summed E-state index contributed by atoms with van der Waals surface area (Å²) in [5.41, 5.74) is 0.634. The van der Waals surface area contributed by atoms with E-state index >= 15 is 0 Å². The number of anilines is 1. The van der Waals surface area contributed by atoms with Crippen LogP contribution in [0.2, 0.25) is 0 Å². The average molecular weight is 422 g/mol. The highest BCUT2D eigenvalue weighted by molar-refractivity contribution is 5.89. The fourth-order valence-corrected chi connectivity index (χ4v) is 3.49. The molecule has 4 unspecified atom stereocenters. The van der Waals surface area contributed by atoms with Gasteiger partial charge in [-0.05, 0) is 12.1 Å². The van der Waals surface area contributed by atoms with Gasteiger partial charge in [-0.15, -0.1) is 0 Å². The van der Waals surface area contributed by atoms with E-state index in [1.165, 1.54) is 0 Å². The lowest BCUT2D eigenvalue weighted by molar-refractivity contribution is -0.125. The van der Waals surface area contributed by atoms with Gasteiger partial charge >= 0.3 is 6.03 Å². The Bertz CT molecular complexity index is 685. The third-order valence-electron chi connectivity index (χ3n) is 5.20. The van der Waals surface area contributed by atoms with Crippen molar-refractivity contribution in [3.63, 3.8) is 0 Å². The first kappa shape index (κ1) is 22.4. The van der Waals surface area contributed by atoms with Crippen LogP contribution in [0.3, 0.4) is 0 Å². The van der Waals surface area contributed by atoms with E-state index in [1.807, 2.05) is 6.07 Å². The number of nitrogens with one attached hydrogen (secondary N) is 3. The van der Waals surface area contributed by atoms with Crippen LogP contribution in [-0.4, -0.2) is 97.4 Å². The molecule has 10 heteroatoms. The van der Waals surface area contributed by atoms with Gasteiger partial charge in [-0.25, -0.2) is 4.79 Å². The van der Waals surface area contributed by atoms with Crippen molar-refractivity contribution in [2.24, 2.45) is 0 Å². The number of hydrogen-bond donors (Lipinski definition) is 5. The molecule has 166 valence electrons. The van der Waals surface area contributed by atoms with Crippen LogP contribution >= 0.6 is 0 Å². The van der Waals surface area contributed by atoms with Crippen molar-refractivity contribution in [2.75, 3.05) is 51.3 Å². The second-order valence-corrected chi connectivity index (χ2v) is 7.40. The van der Waals surface area contributed by atoms with Crippen LogP contribution in [0.15, 0.2) is 30.3 Å². The minimum Gasteiger partial charge on any atom is -0.388 e. The predicted octanol–water partition coefficient (Wildman–Crippen LogP) is -0.864. The second-order valence-electron chi connectivity index (χ2n) is 7.40. The fraction of sp³-hybridized carbons (Fsp3) is 0.600. The molecule has 2 saturated heterocycles. The Morgan fingerprint density at radius 1 is 1.03 bits per heavy atom. The summed E-state index contributed by atoms with van der Waals surface area (Å²) in [6.07, 6.45) is -4.07. The van der Waals surface area contributed by atoms with Crippen molar-refractivity contribution in [1.82, 2.24) is 15.5 Å². The number of aliphatic hydroxyl groups is 2. The highest BCUT2D eigenvalue weighted by atomic mass is 16.5. The van der Waals surface area contributed by atoms with Gasteiger partial charge in [0.05, 0.1) is 25.7 Å². The Balaban J connectivity index is 1.36. The molecule has 1 aromatic rings. The van der Waals surface area contributed by atoms with Crippen LogP contribution in [0.1, 0.15) is 6.42 Å². The van der Waals surface area contributed by atoms with Crippen LogP contribution in [0.25, 0.3) is 0 Å². The van der Waals surface area contributed by atoms with E-state index < -0.39 is 30.4 Å². The molecular weight excluding hydrogens is 392 g/mol. The Morgan fingerprint density at radius 3 is 2.47 bits per heavy atom. The fourth-order valence-electron chi connectivity index (χ4n) is 3.49. The number of carbonyl (C=O) groups excluding carboxylic acids is 2. The Labute approximate surface area is 175 Å². The van der Waals surface area contributed by atoms with Crippen LogP contribution in [-0.2, 0) is 14.3 Å². The number of hydrogen-bond acceptors (Lipinski definition) is 7. The summed E-state index contributed by atoms with van der Waals surface area (Å²) >= 11 is 0. The molecule has 1 aromatic carbocycles. The molecule has 4 atom stereocenters. The third-order valence-corrected chi connectivity index (χ3v) is 5.20. The topological polar surface area (TPSA) is 132 Å². The molecule has 0 aliphatic carbocycles. The average Bonchev–Trinajstić information content (AvgIpc) is 3.01. The van der Waals surface area contributed by atoms with Gasteiger partial charge in [0.2, 0.25) is 5.91 Å². The highest BCUT2D eigenvalue weighted by Gasteiger charge is 2.43. The van der Waals surface area contributed by atoms with Gasteiger partial charge in [-0.2, -0.15) is 0 Å². The monoisotopic (exact) mass is 422 g/mol. The van der Waals surface area contributed by atoms with Gasteiger partial charge in [-0.1, -0.05) is 18.2 Å². The molecule has 0 bridgehead atoms. The SMILES string of the molecule is O=C(CC1OC(CNC(=O)Nc2ccccc2)C(O)C1O)NCCN1CCOCC1. The number of morpholine rings is 1. The zero-order chi connectivity index (χ0) is 21.3. The van der Waals surface area contributed by atoms with Crippen molar-refractivity contribution in [3.8, 4) is 0 Å². The van der Waals surface area contributed by atoms with Gasteiger partial charge in [0.15, 0.2) is 0 Å². The molecular formula is C20H30N4O6. The van der Waals surface area contributed by atoms with Crippen LogP contribution in [0, 0.1) is 0 Å². The molecule has 0 radical (unpaired) electrons. The Morgan fingerprint density at radius 2 is 1.73 bits per heavy atom. The molecule has 3 rings (SSSR count). The van der Waals surface area contributed by atoms with E-state index in [0.29, 0.717) is 25.4 Å². The molecule has 2 aliphatic heterocycles. The largest absolute Gasteiger partial charge is 0.388 e. The minimum atomic E-state index is -1.20. The molecule has 3 amide bonds. The maximum absolute atomic E-state index is 12.2. The lowest BCUT2D eigenvalue weighted by atomic mass is 10.1. The van der Waals surface area contributed by atoms with Crippen LogP contribution in [0.4, 0.5) is 10.5 Å². The predicted molar refractivity (Wildman–Crippen MR) is 109 cm³/mol. The molecule has 2 aliphatic rings.